The van der Waals surface area contributed by atoms with E-state index in [1.165, 1.54) is 68.1 Å². The van der Waals surface area contributed by atoms with Crippen molar-refractivity contribution in [2.45, 2.75) is 69.3 Å². The Kier molecular flexibility index (Phi) is 7.44. The van der Waals surface area contributed by atoms with E-state index in [4.69, 9.17) is 4.18 Å². The van der Waals surface area contributed by atoms with Gasteiger partial charge in [0.2, 0.25) is 0 Å². The summed E-state index contributed by atoms with van der Waals surface area (Å²) < 4.78 is 5.76. The van der Waals surface area contributed by atoms with Crippen molar-refractivity contribution in [3.63, 3.8) is 0 Å². The number of benzene rings is 2. The summed E-state index contributed by atoms with van der Waals surface area (Å²) in [5.41, 5.74) is 2.78. The van der Waals surface area contributed by atoms with Gasteiger partial charge in [0, 0.05) is 16.9 Å². The first-order valence-corrected chi connectivity index (χ1v) is 10.5. The van der Waals surface area contributed by atoms with E-state index in [-0.39, 0.29) is 0 Å². The second-order valence-electron chi connectivity index (χ2n) is 7.26. The molecule has 3 rings (SSSR count). The molecule has 1 saturated carbocycles. The van der Waals surface area contributed by atoms with E-state index in [0.29, 0.717) is 6.61 Å². The molecule has 0 bridgehead atoms. The Morgan fingerprint density at radius 2 is 1.64 bits per heavy atom. The predicted octanol–water partition coefficient (Wildman–Crippen LogP) is 7.37. The van der Waals surface area contributed by atoms with Gasteiger partial charge in [-0.1, -0.05) is 68.7 Å². The zero-order valence-electron chi connectivity index (χ0n) is 15.3. The van der Waals surface area contributed by atoms with Crippen molar-refractivity contribution in [2.75, 3.05) is 0 Å². The summed E-state index contributed by atoms with van der Waals surface area (Å²) in [7, 11) is 0. The van der Waals surface area contributed by atoms with Crippen LogP contribution in [0.1, 0.15) is 68.9 Å². The average molecular weight is 355 g/mol. The molecule has 0 radical (unpaired) electrons. The SMILES string of the molecule is CCCCC1CCC(c2ccc(COSc3ccccc3)cc2)CC1. The average Bonchev–Trinajstić information content (AvgIpc) is 2.68. The van der Waals surface area contributed by atoms with Crippen LogP contribution in [0.25, 0.3) is 0 Å². The second-order valence-corrected chi connectivity index (χ2v) is 8.13. The van der Waals surface area contributed by atoms with Gasteiger partial charge in [-0.15, -0.1) is 0 Å². The van der Waals surface area contributed by atoms with Crippen molar-refractivity contribution in [3.8, 4) is 0 Å². The summed E-state index contributed by atoms with van der Waals surface area (Å²) in [5.74, 6) is 1.76. The quantitative estimate of drug-likeness (QED) is 0.457. The van der Waals surface area contributed by atoms with Crippen LogP contribution in [0.15, 0.2) is 59.5 Å². The third kappa shape index (κ3) is 5.90. The van der Waals surface area contributed by atoms with E-state index in [9.17, 15) is 0 Å². The lowest BCUT2D eigenvalue weighted by Gasteiger charge is -2.29. The van der Waals surface area contributed by atoms with Crippen molar-refractivity contribution in [1.29, 1.82) is 0 Å². The zero-order valence-corrected chi connectivity index (χ0v) is 16.1. The monoisotopic (exact) mass is 354 g/mol. The Bertz CT molecular complexity index is 600. The fraction of sp³-hybridized carbons (Fsp3) is 0.478. The van der Waals surface area contributed by atoms with Crippen LogP contribution in [-0.2, 0) is 10.8 Å². The van der Waals surface area contributed by atoms with E-state index in [2.05, 4.69) is 43.3 Å². The topological polar surface area (TPSA) is 9.23 Å². The smallest absolute Gasteiger partial charge is 0.0869 e. The summed E-state index contributed by atoms with van der Waals surface area (Å²) in [6.07, 6.45) is 9.77. The Hall–Kier alpha value is -1.25. The molecular weight excluding hydrogens is 324 g/mol. The van der Waals surface area contributed by atoms with Crippen molar-refractivity contribution >= 4 is 12.0 Å². The molecule has 0 unspecified atom stereocenters. The number of hydrogen-bond donors (Lipinski definition) is 0. The molecule has 134 valence electrons. The van der Waals surface area contributed by atoms with Gasteiger partial charge in [0.15, 0.2) is 0 Å². The predicted molar refractivity (Wildman–Crippen MR) is 108 cm³/mol. The van der Waals surface area contributed by atoms with Crippen LogP contribution < -0.4 is 0 Å². The summed E-state index contributed by atoms with van der Waals surface area (Å²) in [6, 6.07) is 19.4. The molecule has 0 atom stereocenters. The summed E-state index contributed by atoms with van der Waals surface area (Å²) in [6.45, 7) is 2.96. The minimum Gasteiger partial charge on any atom is -0.305 e. The van der Waals surface area contributed by atoms with Crippen molar-refractivity contribution in [2.24, 2.45) is 5.92 Å². The molecule has 25 heavy (non-hydrogen) atoms. The van der Waals surface area contributed by atoms with Gasteiger partial charge in [-0.25, -0.2) is 0 Å². The molecule has 0 spiro atoms. The van der Waals surface area contributed by atoms with Crippen LogP contribution in [-0.4, -0.2) is 0 Å². The largest absolute Gasteiger partial charge is 0.305 e. The summed E-state index contributed by atoms with van der Waals surface area (Å²) >= 11 is 1.45. The second kappa shape index (κ2) is 10.0. The van der Waals surface area contributed by atoms with Crippen LogP contribution in [0.5, 0.6) is 0 Å². The highest BCUT2D eigenvalue weighted by atomic mass is 32.2. The molecule has 1 aliphatic carbocycles. The van der Waals surface area contributed by atoms with Gasteiger partial charge in [-0.05, 0) is 60.8 Å². The maximum atomic E-state index is 5.76. The third-order valence-electron chi connectivity index (χ3n) is 5.39. The van der Waals surface area contributed by atoms with Gasteiger partial charge in [-0.3, -0.25) is 0 Å². The minimum absolute atomic E-state index is 0.656. The van der Waals surface area contributed by atoms with Gasteiger partial charge in [0.05, 0.1) is 6.61 Å². The molecule has 2 heteroatoms. The molecule has 1 nitrogen and oxygen atoms in total. The summed E-state index contributed by atoms with van der Waals surface area (Å²) in [5, 5.41) is 0. The molecule has 0 heterocycles. The van der Waals surface area contributed by atoms with Crippen molar-refractivity contribution < 1.29 is 4.18 Å². The first kappa shape index (κ1) is 18.5. The fourth-order valence-corrected chi connectivity index (χ4v) is 4.40. The molecule has 0 N–H and O–H groups in total. The Morgan fingerprint density at radius 1 is 0.920 bits per heavy atom. The summed E-state index contributed by atoms with van der Waals surface area (Å²) in [4.78, 5) is 1.15. The molecule has 0 saturated heterocycles. The molecule has 2 aromatic rings. The Balaban J connectivity index is 1.43. The first-order chi connectivity index (χ1) is 12.3. The molecule has 1 aliphatic rings. The highest BCUT2D eigenvalue weighted by Gasteiger charge is 2.21. The lowest BCUT2D eigenvalue weighted by molar-refractivity contribution is 0.304. The van der Waals surface area contributed by atoms with E-state index in [1.54, 1.807) is 0 Å². The van der Waals surface area contributed by atoms with Crippen LogP contribution in [0.2, 0.25) is 0 Å². The molecule has 0 aromatic heterocycles. The number of hydrogen-bond acceptors (Lipinski definition) is 2. The highest BCUT2D eigenvalue weighted by molar-refractivity contribution is 7.94. The van der Waals surface area contributed by atoms with Crippen LogP contribution in [0, 0.1) is 5.92 Å². The van der Waals surface area contributed by atoms with E-state index in [0.717, 1.165) is 16.7 Å². The lowest BCUT2D eigenvalue weighted by atomic mass is 9.77. The van der Waals surface area contributed by atoms with Gasteiger partial charge in [-0.2, -0.15) is 0 Å². The molecule has 0 aliphatic heterocycles. The van der Waals surface area contributed by atoms with Crippen molar-refractivity contribution in [3.05, 3.63) is 65.7 Å². The van der Waals surface area contributed by atoms with E-state index >= 15 is 0 Å². The van der Waals surface area contributed by atoms with Gasteiger partial charge in [0.25, 0.3) is 0 Å². The first-order valence-electron chi connectivity index (χ1n) is 9.78. The lowest BCUT2D eigenvalue weighted by Crippen LogP contribution is -2.13. The minimum atomic E-state index is 0.656. The van der Waals surface area contributed by atoms with E-state index in [1.807, 2.05) is 18.2 Å². The Morgan fingerprint density at radius 3 is 2.32 bits per heavy atom. The number of rotatable bonds is 8. The zero-order chi connectivity index (χ0) is 17.3. The van der Waals surface area contributed by atoms with Crippen LogP contribution in [0.3, 0.4) is 0 Å². The maximum absolute atomic E-state index is 5.76. The van der Waals surface area contributed by atoms with Crippen LogP contribution in [0.4, 0.5) is 0 Å². The fourth-order valence-electron chi connectivity index (χ4n) is 3.80. The number of unbranched alkanes of at least 4 members (excludes halogenated alkanes) is 1. The standard InChI is InChI=1S/C23H30OS/c1-2-3-7-19-10-14-21(15-11-19)22-16-12-20(13-17-22)18-24-25-23-8-5-4-6-9-23/h4-6,8-9,12-13,16-17,19,21H,2-3,7,10-11,14-15,18H2,1H3. The molecule has 1 fully saturated rings. The molecule has 2 aromatic carbocycles. The third-order valence-corrected chi connectivity index (χ3v) is 6.09. The normalized spacial score (nSPS) is 20.5. The van der Waals surface area contributed by atoms with Gasteiger partial charge in [0.1, 0.15) is 0 Å². The van der Waals surface area contributed by atoms with Gasteiger partial charge >= 0.3 is 0 Å². The maximum Gasteiger partial charge on any atom is 0.0869 e. The molecular formula is C23H30OS. The van der Waals surface area contributed by atoms with E-state index < -0.39 is 0 Å². The Labute approximate surface area is 157 Å². The van der Waals surface area contributed by atoms with Crippen LogP contribution >= 0.6 is 12.0 Å². The molecule has 0 amide bonds. The van der Waals surface area contributed by atoms with Crippen molar-refractivity contribution in [1.82, 2.24) is 0 Å². The van der Waals surface area contributed by atoms with Gasteiger partial charge < -0.3 is 4.18 Å². The highest BCUT2D eigenvalue weighted by Crippen LogP contribution is 2.37.